The lowest BCUT2D eigenvalue weighted by Gasteiger charge is -2.05. The molecule has 0 fully saturated rings. The number of hydrogen-bond donors (Lipinski definition) is 2. The molecule has 0 spiro atoms. The van der Waals surface area contributed by atoms with Gasteiger partial charge in [0.05, 0.1) is 0 Å². The largest absolute Gasteiger partial charge is 0.361 e. The van der Waals surface area contributed by atoms with E-state index >= 15 is 0 Å². The number of nitrogens with one attached hydrogen (secondary N) is 2. The molecule has 1 aromatic heterocycles. The van der Waals surface area contributed by atoms with E-state index in [0.29, 0.717) is 18.8 Å². The molecule has 0 unspecified atom stereocenters. The van der Waals surface area contributed by atoms with E-state index in [0.717, 1.165) is 18.4 Å². The average Bonchev–Trinajstić information content (AvgIpc) is 2.83. The van der Waals surface area contributed by atoms with E-state index in [4.69, 9.17) is 11.6 Å². The molecule has 1 amide bonds. The van der Waals surface area contributed by atoms with E-state index in [2.05, 4.69) is 28.5 Å². The normalized spacial score (nSPS) is 10.7. The molecular weight excluding hydrogens is 248 g/mol. The first kappa shape index (κ1) is 13.0. The number of carbonyl (C=O) groups excluding carboxylic acids is 1. The van der Waals surface area contributed by atoms with Gasteiger partial charge in [-0.2, -0.15) is 0 Å². The number of amides is 1. The van der Waals surface area contributed by atoms with Crippen LogP contribution in [0.2, 0.25) is 0 Å². The zero-order valence-electron chi connectivity index (χ0n) is 10.2. The standard InChI is InChI=1S/C14H17ClN2O/c15-7-1-2-14(18)17-8-5-11-3-4-12-6-9-16-13(12)10-11/h3-4,6,9-10,16H,1-2,5,7-8H2,(H,17,18). The van der Waals surface area contributed by atoms with Crippen molar-refractivity contribution in [2.45, 2.75) is 19.3 Å². The molecule has 0 bridgehead atoms. The summed E-state index contributed by atoms with van der Waals surface area (Å²) in [6.45, 7) is 0.674. The number of halogens is 1. The second kappa shape index (κ2) is 6.45. The van der Waals surface area contributed by atoms with Gasteiger partial charge in [0.1, 0.15) is 0 Å². The van der Waals surface area contributed by atoms with Crippen LogP contribution in [-0.4, -0.2) is 23.3 Å². The van der Waals surface area contributed by atoms with E-state index in [1.807, 2.05) is 12.3 Å². The number of rotatable bonds is 6. The van der Waals surface area contributed by atoms with Crippen LogP contribution in [0.25, 0.3) is 10.9 Å². The molecule has 1 heterocycles. The van der Waals surface area contributed by atoms with Crippen LogP contribution in [0.5, 0.6) is 0 Å². The fraction of sp³-hybridized carbons (Fsp3) is 0.357. The maximum atomic E-state index is 11.4. The van der Waals surface area contributed by atoms with Crippen molar-refractivity contribution in [3.05, 3.63) is 36.0 Å². The zero-order chi connectivity index (χ0) is 12.8. The van der Waals surface area contributed by atoms with Gasteiger partial charge in [-0.05, 0) is 35.9 Å². The second-order valence-corrected chi connectivity index (χ2v) is 4.67. The van der Waals surface area contributed by atoms with Crippen molar-refractivity contribution in [3.63, 3.8) is 0 Å². The summed E-state index contributed by atoms with van der Waals surface area (Å²) in [7, 11) is 0. The molecule has 4 heteroatoms. The Morgan fingerprint density at radius 1 is 1.33 bits per heavy atom. The molecule has 2 N–H and O–H groups in total. The Kier molecular flexibility index (Phi) is 4.65. The molecular formula is C14H17ClN2O. The molecule has 0 aliphatic carbocycles. The fourth-order valence-corrected chi connectivity index (χ4v) is 2.05. The van der Waals surface area contributed by atoms with Crippen LogP contribution in [0.4, 0.5) is 0 Å². The lowest BCUT2D eigenvalue weighted by molar-refractivity contribution is -0.121. The average molecular weight is 265 g/mol. The Morgan fingerprint density at radius 3 is 3.06 bits per heavy atom. The van der Waals surface area contributed by atoms with Crippen molar-refractivity contribution < 1.29 is 4.79 Å². The number of carbonyl (C=O) groups is 1. The van der Waals surface area contributed by atoms with Gasteiger partial charge in [0.2, 0.25) is 5.91 Å². The highest BCUT2D eigenvalue weighted by atomic mass is 35.5. The van der Waals surface area contributed by atoms with Crippen LogP contribution in [0.3, 0.4) is 0 Å². The van der Waals surface area contributed by atoms with Gasteiger partial charge in [-0.1, -0.05) is 12.1 Å². The summed E-state index contributed by atoms with van der Waals surface area (Å²) in [6, 6.07) is 8.37. The van der Waals surface area contributed by atoms with Crippen LogP contribution in [-0.2, 0) is 11.2 Å². The summed E-state index contributed by atoms with van der Waals surface area (Å²) in [5.74, 6) is 0.619. The SMILES string of the molecule is O=C(CCCCl)NCCc1ccc2cc[nH]c2c1. The lowest BCUT2D eigenvalue weighted by atomic mass is 10.1. The predicted octanol–water partition coefficient (Wildman–Crippen LogP) is 2.85. The van der Waals surface area contributed by atoms with Crippen LogP contribution >= 0.6 is 11.6 Å². The molecule has 0 saturated heterocycles. The van der Waals surface area contributed by atoms with Gasteiger partial charge in [0, 0.05) is 30.6 Å². The van der Waals surface area contributed by atoms with Crippen molar-refractivity contribution in [3.8, 4) is 0 Å². The first-order valence-electron chi connectivity index (χ1n) is 6.18. The Hall–Kier alpha value is -1.48. The molecule has 2 rings (SSSR count). The van der Waals surface area contributed by atoms with Gasteiger partial charge in [-0.3, -0.25) is 4.79 Å². The van der Waals surface area contributed by atoms with E-state index in [-0.39, 0.29) is 5.91 Å². The summed E-state index contributed by atoms with van der Waals surface area (Å²) in [6.07, 6.45) is 4.03. The summed E-state index contributed by atoms with van der Waals surface area (Å²) in [4.78, 5) is 14.6. The third-order valence-corrected chi connectivity index (χ3v) is 3.16. The first-order valence-corrected chi connectivity index (χ1v) is 6.72. The Morgan fingerprint density at radius 2 is 2.22 bits per heavy atom. The van der Waals surface area contributed by atoms with Gasteiger partial charge in [-0.25, -0.2) is 0 Å². The van der Waals surface area contributed by atoms with Crippen LogP contribution in [0.15, 0.2) is 30.5 Å². The van der Waals surface area contributed by atoms with Gasteiger partial charge in [0.15, 0.2) is 0 Å². The highest BCUT2D eigenvalue weighted by Crippen LogP contribution is 2.14. The fourth-order valence-electron chi connectivity index (χ4n) is 1.91. The van der Waals surface area contributed by atoms with E-state index in [1.165, 1.54) is 10.9 Å². The van der Waals surface area contributed by atoms with Gasteiger partial charge < -0.3 is 10.3 Å². The quantitative estimate of drug-likeness (QED) is 0.775. The smallest absolute Gasteiger partial charge is 0.220 e. The van der Waals surface area contributed by atoms with Crippen molar-refractivity contribution in [1.82, 2.24) is 10.3 Å². The van der Waals surface area contributed by atoms with Crippen molar-refractivity contribution in [1.29, 1.82) is 0 Å². The molecule has 0 saturated carbocycles. The van der Waals surface area contributed by atoms with E-state index < -0.39 is 0 Å². The number of H-pyrrole nitrogens is 1. The summed E-state index contributed by atoms with van der Waals surface area (Å²) < 4.78 is 0. The molecule has 2 aromatic rings. The van der Waals surface area contributed by atoms with Crippen LogP contribution in [0, 0.1) is 0 Å². The minimum absolute atomic E-state index is 0.0802. The molecule has 0 aliphatic heterocycles. The molecule has 0 atom stereocenters. The molecule has 18 heavy (non-hydrogen) atoms. The predicted molar refractivity (Wildman–Crippen MR) is 75.0 cm³/mol. The minimum atomic E-state index is 0.0802. The molecule has 0 radical (unpaired) electrons. The van der Waals surface area contributed by atoms with Crippen LogP contribution < -0.4 is 5.32 Å². The number of aromatic amines is 1. The first-order chi connectivity index (χ1) is 8.79. The summed E-state index contributed by atoms with van der Waals surface area (Å²) in [5.41, 5.74) is 2.36. The Balaban J connectivity index is 1.81. The third-order valence-electron chi connectivity index (χ3n) is 2.89. The maximum Gasteiger partial charge on any atom is 0.220 e. The van der Waals surface area contributed by atoms with Crippen LogP contribution in [0.1, 0.15) is 18.4 Å². The molecule has 0 aliphatic rings. The van der Waals surface area contributed by atoms with Crippen molar-refractivity contribution in [2.75, 3.05) is 12.4 Å². The number of hydrogen-bond acceptors (Lipinski definition) is 1. The number of benzene rings is 1. The maximum absolute atomic E-state index is 11.4. The topological polar surface area (TPSA) is 44.9 Å². The summed E-state index contributed by atoms with van der Waals surface area (Å²) >= 11 is 5.54. The minimum Gasteiger partial charge on any atom is -0.361 e. The van der Waals surface area contributed by atoms with E-state index in [9.17, 15) is 4.79 Å². The monoisotopic (exact) mass is 264 g/mol. The number of alkyl halides is 1. The second-order valence-electron chi connectivity index (χ2n) is 4.29. The number of aromatic nitrogens is 1. The van der Waals surface area contributed by atoms with Gasteiger partial charge in [-0.15, -0.1) is 11.6 Å². The molecule has 96 valence electrons. The van der Waals surface area contributed by atoms with Crippen molar-refractivity contribution >= 4 is 28.4 Å². The summed E-state index contributed by atoms with van der Waals surface area (Å²) in [5, 5.41) is 4.11. The zero-order valence-corrected chi connectivity index (χ0v) is 11.0. The highest BCUT2D eigenvalue weighted by Gasteiger charge is 2.01. The van der Waals surface area contributed by atoms with E-state index in [1.54, 1.807) is 0 Å². The van der Waals surface area contributed by atoms with Crippen molar-refractivity contribution in [2.24, 2.45) is 0 Å². The highest BCUT2D eigenvalue weighted by molar-refractivity contribution is 6.17. The molecule has 3 nitrogen and oxygen atoms in total. The van der Waals surface area contributed by atoms with Gasteiger partial charge >= 0.3 is 0 Å². The van der Waals surface area contributed by atoms with Gasteiger partial charge in [0.25, 0.3) is 0 Å². The molecule has 1 aromatic carbocycles. The lowest BCUT2D eigenvalue weighted by Crippen LogP contribution is -2.25. The number of fused-ring (bicyclic) bond motifs is 1. The third kappa shape index (κ3) is 3.50. The Labute approximate surface area is 112 Å². The Bertz CT molecular complexity index is 521.